The molecule has 6 rings (SSSR count). The van der Waals surface area contributed by atoms with Crippen LogP contribution in [0.1, 0.15) is 5.56 Å². The van der Waals surface area contributed by atoms with E-state index in [4.69, 9.17) is 9.15 Å². The summed E-state index contributed by atoms with van der Waals surface area (Å²) in [7, 11) is 0. The van der Waals surface area contributed by atoms with Crippen LogP contribution in [-0.2, 0) is 4.79 Å². The fourth-order valence-electron chi connectivity index (χ4n) is 4.39. The molecule has 4 aromatic carbocycles. The Morgan fingerprint density at radius 2 is 1.89 bits per heavy atom. The Hall–Kier alpha value is -5.69. The number of fused-ring (bicyclic) bond motifs is 2. The molecule has 0 fully saturated rings. The van der Waals surface area contributed by atoms with Crippen LogP contribution in [0.25, 0.3) is 33.5 Å². The number of nitro benzene ring substituents is 1. The molecular weight excluding hydrogens is 637 g/mol. The van der Waals surface area contributed by atoms with Crippen molar-refractivity contribution in [2.75, 3.05) is 11.9 Å². The molecule has 0 saturated heterocycles. The number of carbonyl (C=O) groups excluding carboxylic acids is 1. The lowest BCUT2D eigenvalue weighted by Gasteiger charge is -2.09. The van der Waals surface area contributed by atoms with Crippen molar-refractivity contribution in [3.8, 4) is 17.3 Å². The highest BCUT2D eigenvalue weighted by atomic mass is 79.9. The van der Waals surface area contributed by atoms with Crippen LogP contribution in [0.2, 0.25) is 0 Å². The number of rotatable bonds is 8. The fourth-order valence-corrected chi connectivity index (χ4v) is 4.77. The molecule has 44 heavy (non-hydrogen) atoms. The van der Waals surface area contributed by atoms with Crippen molar-refractivity contribution in [2.24, 2.45) is 5.10 Å². The number of ether oxygens (including phenoxy) is 1. The van der Waals surface area contributed by atoms with Crippen molar-refractivity contribution in [1.82, 2.24) is 9.66 Å². The molecule has 0 aliphatic carbocycles. The molecule has 0 atom stereocenters. The molecule has 1 N–H and O–H groups in total. The SMILES string of the molecule is O=C(COc1ccc(C=Nn2c(-c3cc4cc(Br)ccc4o3)nc3ccccc3c2=O)cc1[N+](=O)[O-])Nc1ccc(F)cc1. The van der Waals surface area contributed by atoms with Gasteiger partial charge in [-0.2, -0.15) is 9.78 Å². The number of nitrogens with zero attached hydrogens (tertiary/aromatic N) is 4. The highest BCUT2D eigenvalue weighted by Crippen LogP contribution is 2.30. The van der Waals surface area contributed by atoms with E-state index in [0.717, 1.165) is 14.5 Å². The third-order valence-corrected chi connectivity index (χ3v) is 6.93. The molecule has 11 nitrogen and oxygen atoms in total. The monoisotopic (exact) mass is 655 g/mol. The number of benzene rings is 4. The number of aromatic nitrogens is 2. The van der Waals surface area contributed by atoms with Crippen molar-refractivity contribution in [2.45, 2.75) is 0 Å². The first-order chi connectivity index (χ1) is 21.2. The zero-order chi connectivity index (χ0) is 30.8. The second-order valence-electron chi connectivity index (χ2n) is 9.43. The topological polar surface area (TPSA) is 142 Å². The minimum Gasteiger partial charge on any atom is -0.477 e. The van der Waals surface area contributed by atoms with Crippen LogP contribution in [-0.4, -0.2) is 33.3 Å². The highest BCUT2D eigenvalue weighted by molar-refractivity contribution is 9.10. The molecule has 0 unspecified atom stereocenters. The number of anilines is 1. The van der Waals surface area contributed by atoms with Crippen molar-refractivity contribution < 1.29 is 23.3 Å². The van der Waals surface area contributed by atoms with Crippen molar-refractivity contribution in [3.05, 3.63) is 127 Å². The van der Waals surface area contributed by atoms with Crippen LogP contribution in [0.4, 0.5) is 15.8 Å². The number of hydrogen-bond donors (Lipinski definition) is 1. The van der Waals surface area contributed by atoms with Gasteiger partial charge in [0.25, 0.3) is 11.5 Å². The number of hydrogen-bond acceptors (Lipinski definition) is 8. The Morgan fingerprint density at radius 3 is 2.68 bits per heavy atom. The lowest BCUT2D eigenvalue weighted by Crippen LogP contribution is -2.20. The van der Waals surface area contributed by atoms with Crippen LogP contribution in [0, 0.1) is 15.9 Å². The van der Waals surface area contributed by atoms with Gasteiger partial charge in [-0.1, -0.05) is 28.1 Å². The van der Waals surface area contributed by atoms with E-state index in [0.29, 0.717) is 27.9 Å². The van der Waals surface area contributed by atoms with E-state index < -0.39 is 34.5 Å². The van der Waals surface area contributed by atoms with E-state index in [-0.39, 0.29) is 17.1 Å². The van der Waals surface area contributed by atoms with Gasteiger partial charge in [0.15, 0.2) is 18.1 Å². The largest absolute Gasteiger partial charge is 0.477 e. The van der Waals surface area contributed by atoms with Gasteiger partial charge < -0.3 is 14.5 Å². The first kappa shape index (κ1) is 28.4. The predicted octanol–water partition coefficient (Wildman–Crippen LogP) is 6.52. The summed E-state index contributed by atoms with van der Waals surface area (Å²) in [5, 5.41) is 19.8. The Morgan fingerprint density at radius 1 is 1.09 bits per heavy atom. The second kappa shape index (κ2) is 11.9. The number of halogens is 2. The van der Waals surface area contributed by atoms with Gasteiger partial charge in [-0.15, -0.1) is 0 Å². The van der Waals surface area contributed by atoms with Gasteiger partial charge in [0.05, 0.1) is 22.0 Å². The summed E-state index contributed by atoms with van der Waals surface area (Å²) in [6, 6.07) is 23.1. The quantitative estimate of drug-likeness (QED) is 0.112. The Balaban J connectivity index is 1.31. The summed E-state index contributed by atoms with van der Waals surface area (Å²) in [4.78, 5) is 41.6. The van der Waals surface area contributed by atoms with Gasteiger partial charge in [-0.25, -0.2) is 9.37 Å². The smallest absolute Gasteiger partial charge is 0.311 e. The van der Waals surface area contributed by atoms with Crippen LogP contribution in [0.5, 0.6) is 5.75 Å². The first-order valence-electron chi connectivity index (χ1n) is 13.0. The standard InChI is InChI=1S/C31H19BrFN5O6/c32-20-6-12-26-19(14-20)15-28(44-26)30-36-24-4-2-1-3-23(24)31(40)37(30)34-16-18-5-11-27(25(13-18)38(41)42)43-17-29(39)35-22-9-7-21(33)8-10-22/h1-16H,17H2,(H,35,39). The van der Waals surface area contributed by atoms with Gasteiger partial charge in [-0.3, -0.25) is 19.7 Å². The maximum Gasteiger partial charge on any atom is 0.311 e. The van der Waals surface area contributed by atoms with E-state index in [1.54, 1.807) is 36.4 Å². The maximum absolute atomic E-state index is 13.5. The molecule has 0 aliphatic heterocycles. The molecule has 218 valence electrons. The lowest BCUT2D eigenvalue weighted by atomic mass is 10.2. The highest BCUT2D eigenvalue weighted by Gasteiger charge is 2.19. The average Bonchev–Trinajstić information content (AvgIpc) is 3.44. The summed E-state index contributed by atoms with van der Waals surface area (Å²) >= 11 is 3.44. The van der Waals surface area contributed by atoms with Gasteiger partial charge in [0.2, 0.25) is 5.82 Å². The lowest BCUT2D eigenvalue weighted by molar-refractivity contribution is -0.385. The summed E-state index contributed by atoms with van der Waals surface area (Å²) in [5.41, 5.74) is 0.759. The zero-order valence-corrected chi connectivity index (χ0v) is 24.0. The fraction of sp³-hybridized carbons (Fsp3) is 0.0323. The van der Waals surface area contributed by atoms with E-state index in [1.807, 2.05) is 12.1 Å². The third kappa shape index (κ3) is 5.94. The van der Waals surface area contributed by atoms with Gasteiger partial charge >= 0.3 is 5.69 Å². The molecule has 6 aromatic rings. The summed E-state index contributed by atoms with van der Waals surface area (Å²) in [5.74, 6) is -0.768. The normalized spacial score (nSPS) is 11.3. The molecule has 0 radical (unpaired) electrons. The van der Waals surface area contributed by atoms with Gasteiger partial charge in [0, 0.05) is 27.2 Å². The van der Waals surface area contributed by atoms with E-state index in [9.17, 15) is 24.1 Å². The van der Waals surface area contributed by atoms with E-state index in [1.165, 1.54) is 48.7 Å². The molecule has 0 saturated carbocycles. The average molecular weight is 656 g/mol. The van der Waals surface area contributed by atoms with Crippen LogP contribution in [0.3, 0.4) is 0 Å². The van der Waals surface area contributed by atoms with Crippen LogP contribution in [0.15, 0.2) is 110 Å². The van der Waals surface area contributed by atoms with E-state index in [2.05, 4.69) is 31.3 Å². The minimum atomic E-state index is -0.660. The molecule has 13 heteroatoms. The number of carbonyl (C=O) groups is 1. The maximum atomic E-state index is 13.5. The molecule has 1 amide bonds. The molecule has 2 aromatic heterocycles. The Labute approximate surface area is 255 Å². The minimum absolute atomic E-state index is 0.138. The molecule has 0 bridgehead atoms. The summed E-state index contributed by atoms with van der Waals surface area (Å²) in [6.45, 7) is -0.527. The van der Waals surface area contributed by atoms with E-state index >= 15 is 0 Å². The third-order valence-electron chi connectivity index (χ3n) is 6.44. The Kier molecular flexibility index (Phi) is 7.69. The molecule has 0 spiro atoms. The molecule has 0 aliphatic rings. The van der Waals surface area contributed by atoms with Gasteiger partial charge in [0.1, 0.15) is 11.4 Å². The summed E-state index contributed by atoms with van der Waals surface area (Å²) in [6.07, 6.45) is 1.28. The van der Waals surface area contributed by atoms with Crippen molar-refractivity contribution >= 4 is 61.3 Å². The number of nitrogens with one attached hydrogen (secondary N) is 1. The molecule has 2 heterocycles. The van der Waals surface area contributed by atoms with Gasteiger partial charge in [-0.05, 0) is 72.8 Å². The number of amides is 1. The second-order valence-corrected chi connectivity index (χ2v) is 10.4. The summed E-state index contributed by atoms with van der Waals surface area (Å²) < 4.78 is 26.4. The predicted molar refractivity (Wildman–Crippen MR) is 166 cm³/mol. The number of para-hydroxylation sites is 1. The van der Waals surface area contributed by atoms with Crippen LogP contribution < -0.4 is 15.6 Å². The molecular formula is C31H19BrFN5O6. The van der Waals surface area contributed by atoms with Crippen molar-refractivity contribution in [3.63, 3.8) is 0 Å². The first-order valence-corrected chi connectivity index (χ1v) is 13.8. The Bertz CT molecular complexity index is 2160. The number of furan rings is 1. The number of nitro groups is 1. The van der Waals surface area contributed by atoms with Crippen molar-refractivity contribution in [1.29, 1.82) is 0 Å². The van der Waals surface area contributed by atoms with Crippen LogP contribution >= 0.6 is 15.9 Å². The zero-order valence-electron chi connectivity index (χ0n) is 22.4.